The number of aryl methyl sites for hydroxylation is 2. The standard InChI is InChI=1S/C25H20N2O4/c1-16-7-10-19(13-17(16)2)24-14-22(21-5-3-4-6-23(21)26-24)25(28)31-15-18-8-11-20(12-9-18)27(29)30/h3-14H,15H2,1-2H3. The average Bonchev–Trinajstić information content (AvgIpc) is 2.78. The van der Waals surface area contributed by atoms with Crippen LogP contribution in [-0.2, 0) is 11.3 Å². The van der Waals surface area contributed by atoms with E-state index in [0.717, 1.165) is 11.1 Å². The molecule has 0 fully saturated rings. The molecule has 0 unspecified atom stereocenters. The van der Waals surface area contributed by atoms with Gasteiger partial charge in [-0.25, -0.2) is 9.78 Å². The molecule has 0 saturated heterocycles. The Morgan fingerprint density at radius 2 is 1.71 bits per heavy atom. The zero-order chi connectivity index (χ0) is 22.0. The molecule has 0 aliphatic carbocycles. The second-order valence-electron chi connectivity index (χ2n) is 7.37. The van der Waals surface area contributed by atoms with Gasteiger partial charge in [0.15, 0.2) is 0 Å². The molecule has 6 nitrogen and oxygen atoms in total. The van der Waals surface area contributed by atoms with E-state index >= 15 is 0 Å². The third-order valence-electron chi connectivity index (χ3n) is 5.26. The summed E-state index contributed by atoms with van der Waals surface area (Å²) in [5.41, 5.74) is 5.77. The van der Waals surface area contributed by atoms with Crippen LogP contribution in [0.15, 0.2) is 72.8 Å². The minimum Gasteiger partial charge on any atom is -0.457 e. The monoisotopic (exact) mass is 412 g/mol. The van der Waals surface area contributed by atoms with Gasteiger partial charge in [0.05, 0.1) is 21.7 Å². The van der Waals surface area contributed by atoms with Gasteiger partial charge in [-0.2, -0.15) is 0 Å². The number of fused-ring (bicyclic) bond motifs is 1. The van der Waals surface area contributed by atoms with E-state index in [1.807, 2.05) is 50.2 Å². The fraction of sp³-hybridized carbons (Fsp3) is 0.120. The van der Waals surface area contributed by atoms with Gasteiger partial charge in [0.2, 0.25) is 0 Å². The fourth-order valence-corrected chi connectivity index (χ4v) is 3.33. The van der Waals surface area contributed by atoms with Gasteiger partial charge < -0.3 is 4.74 Å². The van der Waals surface area contributed by atoms with Gasteiger partial charge in [-0.3, -0.25) is 10.1 Å². The number of nitro benzene ring substituents is 1. The molecule has 0 amide bonds. The summed E-state index contributed by atoms with van der Waals surface area (Å²) in [7, 11) is 0. The summed E-state index contributed by atoms with van der Waals surface area (Å²) in [4.78, 5) is 28.0. The SMILES string of the molecule is Cc1ccc(-c2cc(C(=O)OCc3ccc([N+](=O)[O-])cc3)c3ccccc3n2)cc1C. The summed E-state index contributed by atoms with van der Waals surface area (Å²) >= 11 is 0. The van der Waals surface area contributed by atoms with E-state index in [9.17, 15) is 14.9 Å². The zero-order valence-corrected chi connectivity index (χ0v) is 17.2. The number of para-hydroxylation sites is 1. The number of pyridine rings is 1. The number of carbonyl (C=O) groups excluding carboxylic acids is 1. The van der Waals surface area contributed by atoms with Gasteiger partial charge in [0, 0.05) is 23.1 Å². The van der Waals surface area contributed by atoms with E-state index < -0.39 is 10.9 Å². The number of aromatic nitrogens is 1. The highest BCUT2D eigenvalue weighted by Gasteiger charge is 2.16. The Kier molecular flexibility index (Phi) is 5.45. The highest BCUT2D eigenvalue weighted by atomic mass is 16.6. The van der Waals surface area contributed by atoms with Gasteiger partial charge >= 0.3 is 5.97 Å². The van der Waals surface area contributed by atoms with E-state index in [1.165, 1.54) is 17.7 Å². The van der Waals surface area contributed by atoms with Crippen LogP contribution in [0, 0.1) is 24.0 Å². The molecule has 4 aromatic rings. The molecule has 1 heterocycles. The Morgan fingerprint density at radius 3 is 2.42 bits per heavy atom. The first-order valence-electron chi connectivity index (χ1n) is 9.80. The quantitative estimate of drug-likeness (QED) is 0.236. The first kappa shape index (κ1) is 20.2. The number of nitrogens with zero attached hydrogens (tertiary/aromatic N) is 2. The molecule has 1 aromatic heterocycles. The highest BCUT2D eigenvalue weighted by molar-refractivity contribution is 6.04. The van der Waals surface area contributed by atoms with Gasteiger partial charge in [0.1, 0.15) is 6.61 Å². The largest absolute Gasteiger partial charge is 0.457 e. The summed E-state index contributed by atoms with van der Waals surface area (Å²) in [5, 5.41) is 11.5. The molecular formula is C25H20N2O4. The Hall–Kier alpha value is -4.06. The Balaban J connectivity index is 1.66. The number of hydrogen-bond acceptors (Lipinski definition) is 5. The first-order valence-corrected chi connectivity index (χ1v) is 9.80. The Morgan fingerprint density at radius 1 is 0.968 bits per heavy atom. The predicted octanol–water partition coefficient (Wildman–Crippen LogP) is 5.78. The Bertz CT molecular complexity index is 1300. The van der Waals surface area contributed by atoms with Crippen LogP contribution >= 0.6 is 0 Å². The van der Waals surface area contributed by atoms with E-state index in [2.05, 4.69) is 6.07 Å². The van der Waals surface area contributed by atoms with Crippen LogP contribution in [-0.4, -0.2) is 15.9 Å². The summed E-state index contributed by atoms with van der Waals surface area (Å²) < 4.78 is 5.52. The lowest BCUT2D eigenvalue weighted by molar-refractivity contribution is -0.384. The van der Waals surface area contributed by atoms with Gasteiger partial charge in [-0.15, -0.1) is 0 Å². The van der Waals surface area contributed by atoms with Crippen LogP contribution in [0.25, 0.3) is 22.2 Å². The Labute approximate surface area is 179 Å². The zero-order valence-electron chi connectivity index (χ0n) is 17.2. The number of nitro groups is 1. The lowest BCUT2D eigenvalue weighted by atomic mass is 10.0. The third-order valence-corrected chi connectivity index (χ3v) is 5.26. The van der Waals surface area contributed by atoms with Gasteiger partial charge in [0.25, 0.3) is 5.69 Å². The summed E-state index contributed by atoms with van der Waals surface area (Å²) in [5.74, 6) is -0.470. The molecule has 4 rings (SSSR count). The van der Waals surface area contributed by atoms with Crippen LogP contribution in [0.5, 0.6) is 0 Å². The van der Waals surface area contributed by atoms with Crippen molar-refractivity contribution in [1.82, 2.24) is 4.98 Å². The van der Waals surface area contributed by atoms with Crippen molar-refractivity contribution in [3.05, 3.63) is 105 Å². The number of carbonyl (C=O) groups is 1. The van der Waals surface area contributed by atoms with Crippen LogP contribution < -0.4 is 0 Å². The van der Waals surface area contributed by atoms with Crippen LogP contribution in [0.3, 0.4) is 0 Å². The fourth-order valence-electron chi connectivity index (χ4n) is 3.33. The number of rotatable bonds is 5. The smallest absolute Gasteiger partial charge is 0.339 e. The molecule has 0 saturated carbocycles. The average molecular weight is 412 g/mol. The van der Waals surface area contributed by atoms with Gasteiger partial charge in [-0.05, 0) is 60.9 Å². The van der Waals surface area contributed by atoms with Crippen molar-refractivity contribution in [2.24, 2.45) is 0 Å². The number of non-ortho nitro benzene ring substituents is 1. The van der Waals surface area contributed by atoms with E-state index in [-0.39, 0.29) is 12.3 Å². The molecule has 3 aromatic carbocycles. The molecule has 0 N–H and O–H groups in total. The number of ether oxygens (including phenoxy) is 1. The molecule has 0 spiro atoms. The topological polar surface area (TPSA) is 82.3 Å². The number of esters is 1. The third kappa shape index (κ3) is 4.28. The van der Waals surface area contributed by atoms with Crippen molar-refractivity contribution >= 4 is 22.6 Å². The minimum atomic E-state index is -0.470. The number of hydrogen-bond donors (Lipinski definition) is 0. The molecule has 6 heteroatoms. The predicted molar refractivity (Wildman–Crippen MR) is 119 cm³/mol. The summed E-state index contributed by atoms with van der Waals surface area (Å²) in [6.45, 7) is 4.11. The summed E-state index contributed by atoms with van der Waals surface area (Å²) in [6, 6.07) is 21.2. The van der Waals surface area contributed by atoms with Crippen molar-refractivity contribution in [2.75, 3.05) is 0 Å². The lowest BCUT2D eigenvalue weighted by Crippen LogP contribution is -2.07. The van der Waals surface area contributed by atoms with Crippen LogP contribution in [0.4, 0.5) is 5.69 Å². The van der Waals surface area contributed by atoms with Crippen molar-refractivity contribution in [1.29, 1.82) is 0 Å². The maximum atomic E-state index is 13.0. The summed E-state index contributed by atoms with van der Waals surface area (Å²) in [6.07, 6.45) is 0. The van der Waals surface area contributed by atoms with Crippen molar-refractivity contribution in [2.45, 2.75) is 20.5 Å². The normalized spacial score (nSPS) is 10.8. The molecule has 0 aliphatic heterocycles. The van der Waals surface area contributed by atoms with Crippen LogP contribution in [0.1, 0.15) is 27.0 Å². The maximum absolute atomic E-state index is 13.0. The molecule has 0 radical (unpaired) electrons. The van der Waals surface area contributed by atoms with E-state index in [1.54, 1.807) is 18.2 Å². The second-order valence-corrected chi connectivity index (χ2v) is 7.37. The molecular weight excluding hydrogens is 392 g/mol. The minimum absolute atomic E-state index is 0.00626. The first-order chi connectivity index (χ1) is 14.9. The second kappa shape index (κ2) is 8.36. The van der Waals surface area contributed by atoms with Gasteiger partial charge in [-0.1, -0.05) is 30.3 Å². The van der Waals surface area contributed by atoms with E-state index in [0.29, 0.717) is 27.7 Å². The lowest BCUT2D eigenvalue weighted by Gasteiger charge is -2.11. The molecule has 0 bridgehead atoms. The van der Waals surface area contributed by atoms with Crippen molar-refractivity contribution in [3.8, 4) is 11.3 Å². The molecule has 154 valence electrons. The highest BCUT2D eigenvalue weighted by Crippen LogP contribution is 2.27. The van der Waals surface area contributed by atoms with Crippen molar-refractivity contribution < 1.29 is 14.5 Å². The molecule has 0 aliphatic rings. The van der Waals surface area contributed by atoms with Crippen molar-refractivity contribution in [3.63, 3.8) is 0 Å². The molecule has 0 atom stereocenters. The van der Waals surface area contributed by atoms with Crippen LogP contribution in [0.2, 0.25) is 0 Å². The maximum Gasteiger partial charge on any atom is 0.339 e. The molecule has 31 heavy (non-hydrogen) atoms. The van der Waals surface area contributed by atoms with E-state index in [4.69, 9.17) is 9.72 Å². The number of benzene rings is 3.